The van der Waals surface area contributed by atoms with Gasteiger partial charge in [-0.25, -0.2) is 0 Å². The minimum absolute atomic E-state index is 0.796. The van der Waals surface area contributed by atoms with Crippen molar-refractivity contribution >= 4 is 33.4 Å². The number of thioether (sulfide) groups is 1. The van der Waals surface area contributed by atoms with Crippen molar-refractivity contribution in [2.75, 3.05) is 30.8 Å². The van der Waals surface area contributed by atoms with Crippen LogP contribution in [0.15, 0.2) is 28.7 Å². The minimum Gasteiger partial charge on any atom is -0.383 e. The van der Waals surface area contributed by atoms with E-state index in [1.54, 1.807) is 0 Å². The van der Waals surface area contributed by atoms with Crippen molar-refractivity contribution in [2.45, 2.75) is 18.1 Å². The predicted molar refractivity (Wildman–Crippen MR) is 78.9 cm³/mol. The molecule has 1 fully saturated rings. The van der Waals surface area contributed by atoms with E-state index in [1.165, 1.54) is 18.5 Å². The summed E-state index contributed by atoms with van der Waals surface area (Å²) in [7, 11) is 0. The lowest BCUT2D eigenvalue weighted by Gasteiger charge is -2.21. The zero-order valence-corrected chi connectivity index (χ0v) is 12.2. The molecule has 0 unspecified atom stereocenters. The molecule has 1 aliphatic heterocycles. The lowest BCUT2D eigenvalue weighted by atomic mass is 10.2. The number of nitrogens with one attached hydrogen (secondary N) is 1. The summed E-state index contributed by atoms with van der Waals surface area (Å²) in [4.78, 5) is 0. The Hall–Kier alpha value is -0.190. The molecule has 1 N–H and O–H groups in total. The second kappa shape index (κ2) is 7.29. The van der Waals surface area contributed by atoms with Gasteiger partial charge < -0.3 is 10.1 Å². The second-order valence-electron chi connectivity index (χ2n) is 4.09. The Balaban J connectivity index is 1.64. The van der Waals surface area contributed by atoms with Crippen molar-refractivity contribution in [1.82, 2.24) is 0 Å². The quantitative estimate of drug-likeness (QED) is 0.836. The average Bonchev–Trinajstić information content (AvgIpc) is 2.38. The van der Waals surface area contributed by atoms with Crippen LogP contribution >= 0.6 is 27.7 Å². The fourth-order valence-corrected chi connectivity index (χ4v) is 3.36. The second-order valence-corrected chi connectivity index (χ2v) is 6.35. The number of benzene rings is 1. The molecule has 0 aliphatic carbocycles. The van der Waals surface area contributed by atoms with E-state index < -0.39 is 0 Å². The van der Waals surface area contributed by atoms with E-state index in [-0.39, 0.29) is 0 Å². The smallest absolute Gasteiger partial charge is 0.0484 e. The van der Waals surface area contributed by atoms with E-state index in [9.17, 15) is 0 Å². The van der Waals surface area contributed by atoms with Gasteiger partial charge in [0.05, 0.1) is 0 Å². The number of halogens is 1. The molecule has 0 atom stereocenters. The highest BCUT2D eigenvalue weighted by atomic mass is 79.9. The van der Waals surface area contributed by atoms with Crippen LogP contribution in [0.25, 0.3) is 0 Å². The van der Waals surface area contributed by atoms with Crippen molar-refractivity contribution in [1.29, 1.82) is 0 Å². The molecule has 2 rings (SSSR count). The first-order valence-electron chi connectivity index (χ1n) is 6.04. The van der Waals surface area contributed by atoms with Crippen LogP contribution in [0.4, 0.5) is 5.69 Å². The van der Waals surface area contributed by atoms with Gasteiger partial charge in [-0.1, -0.05) is 12.1 Å². The first-order chi connectivity index (χ1) is 8.36. The Kier molecular flexibility index (Phi) is 5.68. The Morgan fingerprint density at radius 3 is 2.82 bits per heavy atom. The Morgan fingerprint density at radius 1 is 1.29 bits per heavy atom. The lowest BCUT2D eigenvalue weighted by molar-refractivity contribution is 0.100. The fraction of sp³-hybridized carbons (Fsp3) is 0.538. The molecular formula is C13H18BrNOS. The molecule has 1 aromatic carbocycles. The molecule has 0 aromatic heterocycles. The van der Waals surface area contributed by atoms with Gasteiger partial charge in [0.2, 0.25) is 0 Å². The highest BCUT2D eigenvalue weighted by Crippen LogP contribution is 2.23. The highest BCUT2D eigenvalue weighted by molar-refractivity contribution is 9.10. The summed E-state index contributed by atoms with van der Waals surface area (Å²) in [6.45, 7) is 2.90. The van der Waals surface area contributed by atoms with Gasteiger partial charge in [0.1, 0.15) is 0 Å². The van der Waals surface area contributed by atoms with Crippen LogP contribution in [0.3, 0.4) is 0 Å². The highest BCUT2D eigenvalue weighted by Gasteiger charge is 2.13. The van der Waals surface area contributed by atoms with Crippen molar-refractivity contribution in [3.8, 4) is 0 Å². The molecule has 1 aromatic rings. The van der Waals surface area contributed by atoms with Crippen molar-refractivity contribution < 1.29 is 4.74 Å². The standard InChI is InChI=1S/C13H18BrNOS/c14-12-3-1-2-4-13(12)15-7-10-17-11-5-8-16-9-6-11/h1-4,11,15H,5-10H2. The third-order valence-electron chi connectivity index (χ3n) is 2.81. The van der Waals surface area contributed by atoms with E-state index in [1.807, 2.05) is 6.07 Å². The van der Waals surface area contributed by atoms with Gasteiger partial charge >= 0.3 is 0 Å². The zero-order valence-electron chi connectivity index (χ0n) is 9.82. The molecule has 0 amide bonds. The van der Waals surface area contributed by atoms with Crippen molar-refractivity contribution in [3.05, 3.63) is 28.7 Å². The van der Waals surface area contributed by atoms with Gasteiger partial charge in [0, 0.05) is 40.9 Å². The average molecular weight is 316 g/mol. The predicted octanol–water partition coefficient (Wildman–Crippen LogP) is 3.77. The van der Waals surface area contributed by atoms with Crippen LogP contribution in [0.1, 0.15) is 12.8 Å². The summed E-state index contributed by atoms with van der Waals surface area (Å²) in [5.74, 6) is 1.16. The third-order valence-corrected chi connectivity index (χ3v) is 4.89. The molecule has 94 valence electrons. The number of hydrogen-bond donors (Lipinski definition) is 1. The zero-order chi connectivity index (χ0) is 11.9. The molecular weight excluding hydrogens is 298 g/mol. The summed E-state index contributed by atoms with van der Waals surface area (Å²) in [6.07, 6.45) is 2.42. The lowest BCUT2D eigenvalue weighted by Crippen LogP contribution is -2.19. The van der Waals surface area contributed by atoms with Gasteiger partial charge in [0.25, 0.3) is 0 Å². The van der Waals surface area contributed by atoms with Crippen LogP contribution in [0.2, 0.25) is 0 Å². The van der Waals surface area contributed by atoms with Crippen LogP contribution in [-0.4, -0.2) is 30.8 Å². The summed E-state index contributed by atoms with van der Waals surface area (Å²) >= 11 is 5.60. The maximum atomic E-state index is 5.36. The molecule has 4 heteroatoms. The first kappa shape index (κ1) is 13.2. The molecule has 1 saturated heterocycles. The maximum Gasteiger partial charge on any atom is 0.0484 e. The van der Waals surface area contributed by atoms with Crippen LogP contribution in [-0.2, 0) is 4.74 Å². The molecule has 0 bridgehead atoms. The van der Waals surface area contributed by atoms with Crippen LogP contribution in [0.5, 0.6) is 0 Å². The van der Waals surface area contributed by atoms with Gasteiger partial charge in [-0.15, -0.1) is 0 Å². The number of rotatable bonds is 5. The Labute approximate surface area is 116 Å². The molecule has 17 heavy (non-hydrogen) atoms. The summed E-state index contributed by atoms with van der Waals surface area (Å²) in [6, 6.07) is 8.25. The molecule has 0 saturated carbocycles. The molecule has 1 aliphatic rings. The minimum atomic E-state index is 0.796. The molecule has 1 heterocycles. The third kappa shape index (κ3) is 4.53. The van der Waals surface area contributed by atoms with Crippen molar-refractivity contribution in [2.24, 2.45) is 0 Å². The van der Waals surface area contributed by atoms with E-state index in [4.69, 9.17) is 4.74 Å². The summed E-state index contributed by atoms with van der Waals surface area (Å²) < 4.78 is 6.49. The van der Waals surface area contributed by atoms with E-state index in [0.29, 0.717) is 0 Å². The van der Waals surface area contributed by atoms with Crippen LogP contribution < -0.4 is 5.32 Å². The topological polar surface area (TPSA) is 21.3 Å². The summed E-state index contributed by atoms with van der Waals surface area (Å²) in [5, 5.41) is 4.25. The Bertz CT molecular complexity index is 342. The van der Waals surface area contributed by atoms with E-state index in [2.05, 4.69) is 51.2 Å². The first-order valence-corrected chi connectivity index (χ1v) is 7.88. The Morgan fingerprint density at radius 2 is 2.06 bits per heavy atom. The van der Waals surface area contributed by atoms with Gasteiger partial charge in [-0.3, -0.25) is 0 Å². The number of anilines is 1. The molecule has 2 nitrogen and oxygen atoms in total. The number of ether oxygens (including phenoxy) is 1. The SMILES string of the molecule is Brc1ccccc1NCCSC1CCOCC1. The molecule has 0 spiro atoms. The fourth-order valence-electron chi connectivity index (χ4n) is 1.86. The van der Waals surface area contributed by atoms with Gasteiger partial charge in [-0.05, 0) is 40.9 Å². The monoisotopic (exact) mass is 315 g/mol. The molecule has 0 radical (unpaired) electrons. The van der Waals surface area contributed by atoms with Gasteiger partial charge in [0.15, 0.2) is 0 Å². The largest absolute Gasteiger partial charge is 0.383 e. The number of para-hydroxylation sites is 1. The number of hydrogen-bond acceptors (Lipinski definition) is 3. The summed E-state index contributed by atoms with van der Waals surface area (Å²) in [5.41, 5.74) is 1.18. The van der Waals surface area contributed by atoms with E-state index >= 15 is 0 Å². The van der Waals surface area contributed by atoms with Gasteiger partial charge in [-0.2, -0.15) is 11.8 Å². The normalized spacial score (nSPS) is 17.0. The van der Waals surface area contributed by atoms with E-state index in [0.717, 1.165) is 35.2 Å². The van der Waals surface area contributed by atoms with Crippen molar-refractivity contribution in [3.63, 3.8) is 0 Å². The van der Waals surface area contributed by atoms with Crippen LogP contribution in [0, 0.1) is 0 Å². The maximum absolute atomic E-state index is 5.36.